The van der Waals surface area contributed by atoms with Crippen LogP contribution in [0.25, 0.3) is 0 Å². The van der Waals surface area contributed by atoms with Crippen molar-refractivity contribution in [3.8, 4) is 0 Å². The van der Waals surface area contributed by atoms with Crippen molar-refractivity contribution in [1.29, 1.82) is 0 Å². The average molecular weight is 292 g/mol. The third-order valence-electron chi connectivity index (χ3n) is 1.75. The third-order valence-corrected chi connectivity index (χ3v) is 4.03. The molecule has 0 heterocycles. The molecule has 0 radical (unpaired) electrons. The van der Waals surface area contributed by atoms with Gasteiger partial charge in [-0.3, -0.25) is 4.72 Å². The maximum absolute atomic E-state index is 13.5. The van der Waals surface area contributed by atoms with Gasteiger partial charge in [-0.15, -0.1) is 0 Å². The predicted octanol–water partition coefficient (Wildman–Crippen LogP) is 4.29. The highest BCUT2D eigenvalue weighted by Crippen LogP contribution is 2.30. The first-order valence-electron chi connectivity index (χ1n) is 4.70. The van der Waals surface area contributed by atoms with Gasteiger partial charge in [-0.25, -0.2) is 4.39 Å². The summed E-state index contributed by atoms with van der Waals surface area (Å²) in [5, 5.41) is 0. The Morgan fingerprint density at radius 1 is 1.33 bits per heavy atom. The molecular weight excluding hydrogens is 277 g/mol. The molecule has 0 amide bonds. The van der Waals surface area contributed by atoms with Gasteiger partial charge < -0.3 is 0 Å². The lowest BCUT2D eigenvalue weighted by Gasteiger charge is -2.20. The predicted molar refractivity (Wildman–Crippen MR) is 67.6 cm³/mol. The second kappa shape index (κ2) is 4.85. The first-order chi connectivity index (χ1) is 6.81. The van der Waals surface area contributed by atoms with E-state index in [2.05, 4.69) is 20.7 Å². The quantitative estimate of drug-likeness (QED) is 0.816. The van der Waals surface area contributed by atoms with Gasteiger partial charge in [0, 0.05) is 10.0 Å². The van der Waals surface area contributed by atoms with Crippen molar-refractivity contribution >= 4 is 27.9 Å². The van der Waals surface area contributed by atoms with Crippen molar-refractivity contribution in [3.05, 3.63) is 28.0 Å². The number of hydrogen-bond donors (Lipinski definition) is 1. The molecule has 1 nitrogen and oxygen atoms in total. The van der Waals surface area contributed by atoms with Gasteiger partial charge in [0.1, 0.15) is 5.82 Å². The summed E-state index contributed by atoms with van der Waals surface area (Å²) >= 11 is 4.73. The van der Waals surface area contributed by atoms with Crippen molar-refractivity contribution in [2.45, 2.75) is 38.1 Å². The van der Waals surface area contributed by atoms with Gasteiger partial charge in [-0.2, -0.15) is 0 Å². The van der Waals surface area contributed by atoms with Crippen molar-refractivity contribution < 1.29 is 4.39 Å². The van der Waals surface area contributed by atoms with Crippen LogP contribution in [0, 0.1) is 12.7 Å². The molecule has 1 aromatic carbocycles. The molecule has 0 fully saturated rings. The van der Waals surface area contributed by atoms with E-state index in [0.717, 1.165) is 10.0 Å². The fourth-order valence-corrected chi connectivity index (χ4v) is 2.26. The normalized spacial score (nSPS) is 11.9. The van der Waals surface area contributed by atoms with E-state index < -0.39 is 0 Å². The molecule has 0 bridgehead atoms. The van der Waals surface area contributed by atoms with E-state index in [9.17, 15) is 4.39 Å². The lowest BCUT2D eigenvalue weighted by atomic mass is 10.1. The van der Waals surface area contributed by atoms with Crippen LogP contribution < -0.4 is 4.72 Å². The molecule has 1 aromatic rings. The highest BCUT2D eigenvalue weighted by molar-refractivity contribution is 9.10. The van der Waals surface area contributed by atoms with Gasteiger partial charge in [0.05, 0.1) is 4.90 Å². The number of hydrogen-bond acceptors (Lipinski definition) is 2. The molecule has 0 aliphatic rings. The van der Waals surface area contributed by atoms with E-state index in [1.807, 2.05) is 27.7 Å². The van der Waals surface area contributed by atoms with E-state index in [4.69, 9.17) is 0 Å². The smallest absolute Gasteiger partial charge is 0.138 e. The zero-order valence-corrected chi connectivity index (χ0v) is 11.7. The maximum Gasteiger partial charge on any atom is 0.138 e. The third kappa shape index (κ3) is 3.78. The van der Waals surface area contributed by atoms with E-state index in [1.54, 1.807) is 6.07 Å². The first kappa shape index (κ1) is 13.0. The van der Waals surface area contributed by atoms with Crippen LogP contribution >= 0.6 is 27.9 Å². The van der Waals surface area contributed by atoms with E-state index in [-0.39, 0.29) is 11.4 Å². The van der Waals surface area contributed by atoms with Crippen LogP contribution in [0.5, 0.6) is 0 Å². The molecule has 4 heteroatoms. The summed E-state index contributed by atoms with van der Waals surface area (Å²) in [6.45, 7) is 8.04. The molecule has 0 saturated heterocycles. The number of nitrogens with one attached hydrogen (secondary N) is 1. The van der Waals surface area contributed by atoms with Crippen LogP contribution in [0.2, 0.25) is 0 Å². The molecule has 1 N–H and O–H groups in total. The molecule has 0 atom stereocenters. The lowest BCUT2D eigenvalue weighted by molar-refractivity contribution is 0.533. The Hall–Kier alpha value is -0.0600. The number of benzene rings is 1. The topological polar surface area (TPSA) is 12.0 Å². The highest BCUT2D eigenvalue weighted by Gasteiger charge is 2.14. The fraction of sp³-hybridized carbons (Fsp3) is 0.455. The summed E-state index contributed by atoms with van der Waals surface area (Å²) < 4.78 is 17.7. The van der Waals surface area contributed by atoms with Crippen molar-refractivity contribution in [3.63, 3.8) is 0 Å². The lowest BCUT2D eigenvalue weighted by Crippen LogP contribution is -2.30. The van der Waals surface area contributed by atoms with Gasteiger partial charge in [0.15, 0.2) is 0 Å². The van der Waals surface area contributed by atoms with Crippen LogP contribution in [0.4, 0.5) is 4.39 Å². The van der Waals surface area contributed by atoms with Crippen LogP contribution in [-0.4, -0.2) is 5.54 Å². The Bertz CT molecular complexity index is 360. The molecule has 1 rings (SSSR count). The van der Waals surface area contributed by atoms with Gasteiger partial charge in [0.25, 0.3) is 0 Å². The summed E-state index contributed by atoms with van der Waals surface area (Å²) in [6.07, 6.45) is 0. The average Bonchev–Trinajstić information content (AvgIpc) is 2.10. The number of halogens is 2. The zero-order valence-electron chi connectivity index (χ0n) is 9.32. The maximum atomic E-state index is 13.5. The molecule has 0 aliphatic heterocycles. The van der Waals surface area contributed by atoms with Crippen molar-refractivity contribution in [2.75, 3.05) is 0 Å². The van der Waals surface area contributed by atoms with Crippen molar-refractivity contribution in [1.82, 2.24) is 4.72 Å². The Kier molecular flexibility index (Phi) is 4.20. The van der Waals surface area contributed by atoms with Crippen LogP contribution in [-0.2, 0) is 0 Å². The SMILES string of the molecule is Cc1c(Br)ccc(F)c1SNC(C)(C)C. The fourth-order valence-electron chi connectivity index (χ4n) is 0.964. The van der Waals surface area contributed by atoms with Gasteiger partial charge in [-0.1, -0.05) is 15.9 Å². The summed E-state index contributed by atoms with van der Waals surface area (Å²) in [6, 6.07) is 3.20. The molecule has 0 aromatic heterocycles. The van der Waals surface area contributed by atoms with Gasteiger partial charge in [-0.05, 0) is 57.3 Å². The highest BCUT2D eigenvalue weighted by atomic mass is 79.9. The minimum Gasteiger partial charge on any atom is -0.254 e. The van der Waals surface area contributed by atoms with E-state index >= 15 is 0 Å². The van der Waals surface area contributed by atoms with E-state index in [0.29, 0.717) is 4.90 Å². The van der Waals surface area contributed by atoms with Crippen molar-refractivity contribution in [2.24, 2.45) is 0 Å². The Morgan fingerprint density at radius 2 is 1.93 bits per heavy atom. The first-order valence-corrected chi connectivity index (χ1v) is 6.31. The summed E-state index contributed by atoms with van der Waals surface area (Å²) in [7, 11) is 0. The van der Waals surface area contributed by atoms with Crippen LogP contribution in [0.15, 0.2) is 21.5 Å². The Balaban J connectivity index is 2.90. The molecule has 15 heavy (non-hydrogen) atoms. The minimum atomic E-state index is -0.183. The summed E-state index contributed by atoms with van der Waals surface area (Å²) in [5.74, 6) is -0.183. The van der Waals surface area contributed by atoms with Crippen LogP contribution in [0.1, 0.15) is 26.3 Å². The second-order valence-electron chi connectivity index (χ2n) is 4.44. The minimum absolute atomic E-state index is 0.0358. The molecule has 0 unspecified atom stereocenters. The van der Waals surface area contributed by atoms with Crippen LogP contribution in [0.3, 0.4) is 0 Å². The molecular formula is C11H15BrFNS. The summed E-state index contributed by atoms with van der Waals surface area (Å²) in [4.78, 5) is 0.652. The molecule has 0 spiro atoms. The summed E-state index contributed by atoms with van der Waals surface area (Å²) in [5.41, 5.74) is 0.892. The standard InChI is InChI=1S/C11H15BrFNS/c1-7-8(12)5-6-9(13)10(7)15-14-11(2,3)4/h5-6,14H,1-4H3. The molecule has 0 aliphatic carbocycles. The Morgan fingerprint density at radius 3 is 2.47 bits per heavy atom. The van der Waals surface area contributed by atoms with Gasteiger partial charge in [0.2, 0.25) is 0 Å². The Labute approximate surface area is 103 Å². The molecule has 84 valence electrons. The number of rotatable bonds is 2. The second-order valence-corrected chi connectivity index (χ2v) is 6.11. The monoisotopic (exact) mass is 291 g/mol. The van der Waals surface area contributed by atoms with E-state index in [1.165, 1.54) is 18.0 Å². The molecule has 0 saturated carbocycles. The zero-order chi connectivity index (χ0) is 11.6. The largest absolute Gasteiger partial charge is 0.254 e. The van der Waals surface area contributed by atoms with Gasteiger partial charge >= 0.3 is 0 Å².